The van der Waals surface area contributed by atoms with Gasteiger partial charge in [0.25, 0.3) is 5.88 Å². The minimum atomic E-state index is -0.990. The van der Waals surface area contributed by atoms with E-state index >= 15 is 0 Å². The third-order valence-corrected chi connectivity index (χ3v) is 2.45. The molecule has 98 valence electrons. The Morgan fingerprint density at radius 2 is 2.11 bits per heavy atom. The highest BCUT2D eigenvalue weighted by atomic mass is 19.1. The van der Waals surface area contributed by atoms with Gasteiger partial charge in [-0.15, -0.1) is 0 Å². The van der Waals surface area contributed by atoms with Gasteiger partial charge >= 0.3 is 5.97 Å². The van der Waals surface area contributed by atoms with Gasteiger partial charge in [0.1, 0.15) is 12.1 Å². The molecule has 0 radical (unpaired) electrons. The first kappa shape index (κ1) is 12.9. The normalized spacial score (nSPS) is 10.2. The molecule has 0 spiro atoms. The minimum absolute atomic E-state index is 0.167. The number of aryl methyl sites for hydroxylation is 1. The Labute approximate surface area is 108 Å². The highest BCUT2D eigenvalue weighted by Crippen LogP contribution is 2.26. The summed E-state index contributed by atoms with van der Waals surface area (Å²) < 4.78 is 19.0. The predicted octanol–water partition coefficient (Wildman–Crippen LogP) is 2.34. The van der Waals surface area contributed by atoms with Gasteiger partial charge < -0.3 is 9.84 Å². The first-order chi connectivity index (χ1) is 9.08. The lowest BCUT2D eigenvalue weighted by Crippen LogP contribution is -2.03. The maximum absolute atomic E-state index is 13.7. The van der Waals surface area contributed by atoms with Crippen LogP contribution in [0.1, 0.15) is 11.3 Å². The molecular weight excluding hydrogens is 251 g/mol. The molecule has 0 aliphatic carbocycles. The van der Waals surface area contributed by atoms with E-state index in [9.17, 15) is 9.18 Å². The first-order valence-corrected chi connectivity index (χ1v) is 5.52. The summed E-state index contributed by atoms with van der Waals surface area (Å²) in [7, 11) is 0. The van der Waals surface area contributed by atoms with E-state index in [4.69, 9.17) is 9.84 Å². The minimum Gasteiger partial charge on any atom is -0.481 e. The molecule has 0 aliphatic heterocycles. The second-order valence-electron chi connectivity index (χ2n) is 3.86. The Balaban J connectivity index is 2.33. The largest absolute Gasteiger partial charge is 0.481 e. The van der Waals surface area contributed by atoms with E-state index < -0.39 is 11.8 Å². The number of nitrogens with zero attached hydrogens (tertiary/aromatic N) is 2. The number of carbonyl (C=O) groups is 1. The molecule has 0 aliphatic rings. The number of aromatic nitrogens is 2. The molecule has 1 heterocycles. The highest BCUT2D eigenvalue weighted by molar-refractivity contribution is 5.71. The third kappa shape index (κ3) is 3.04. The number of rotatable bonds is 4. The number of hydrogen-bond acceptors (Lipinski definition) is 4. The zero-order valence-corrected chi connectivity index (χ0v) is 10.1. The van der Waals surface area contributed by atoms with E-state index in [1.807, 2.05) is 0 Å². The summed E-state index contributed by atoms with van der Waals surface area (Å²) in [6.45, 7) is 1.49. The predicted molar refractivity (Wildman–Crippen MR) is 64.6 cm³/mol. The van der Waals surface area contributed by atoms with Crippen molar-refractivity contribution in [3.8, 4) is 11.6 Å². The summed E-state index contributed by atoms with van der Waals surface area (Å²) in [4.78, 5) is 18.1. The number of aliphatic carboxylic acids is 1. The fourth-order valence-electron chi connectivity index (χ4n) is 1.52. The molecule has 0 saturated heterocycles. The molecular formula is C13H11FN2O3. The average Bonchev–Trinajstić information content (AvgIpc) is 2.36. The summed E-state index contributed by atoms with van der Waals surface area (Å²) in [6.07, 6.45) is 0.982. The van der Waals surface area contributed by atoms with Crippen molar-refractivity contribution in [1.82, 2.24) is 9.97 Å². The quantitative estimate of drug-likeness (QED) is 0.915. The molecule has 5 nitrogen and oxygen atoms in total. The zero-order chi connectivity index (χ0) is 13.8. The summed E-state index contributed by atoms with van der Waals surface area (Å²) >= 11 is 0. The van der Waals surface area contributed by atoms with Crippen LogP contribution in [-0.4, -0.2) is 21.0 Å². The van der Waals surface area contributed by atoms with Gasteiger partial charge in [-0.1, -0.05) is 18.2 Å². The van der Waals surface area contributed by atoms with Crippen LogP contribution in [0.25, 0.3) is 0 Å². The Kier molecular flexibility index (Phi) is 3.70. The van der Waals surface area contributed by atoms with Crippen molar-refractivity contribution in [1.29, 1.82) is 0 Å². The van der Waals surface area contributed by atoms with Crippen molar-refractivity contribution < 1.29 is 19.0 Å². The lowest BCUT2D eigenvalue weighted by molar-refractivity contribution is -0.136. The second-order valence-corrected chi connectivity index (χ2v) is 3.86. The molecule has 1 N–H and O–H groups in total. The number of hydrogen-bond donors (Lipinski definition) is 1. The van der Waals surface area contributed by atoms with Crippen molar-refractivity contribution in [2.24, 2.45) is 0 Å². The third-order valence-electron chi connectivity index (χ3n) is 2.45. The second kappa shape index (κ2) is 5.43. The lowest BCUT2D eigenvalue weighted by Gasteiger charge is -2.09. The van der Waals surface area contributed by atoms with Gasteiger partial charge in [-0.25, -0.2) is 4.98 Å². The molecule has 1 aromatic heterocycles. The van der Waals surface area contributed by atoms with Gasteiger partial charge in [0.15, 0.2) is 0 Å². The Morgan fingerprint density at radius 3 is 2.84 bits per heavy atom. The van der Waals surface area contributed by atoms with E-state index in [0.29, 0.717) is 5.56 Å². The Morgan fingerprint density at radius 1 is 1.37 bits per heavy atom. The average molecular weight is 262 g/mol. The van der Waals surface area contributed by atoms with Gasteiger partial charge in [-0.05, 0) is 13.0 Å². The molecule has 1 aromatic carbocycles. The van der Waals surface area contributed by atoms with E-state index in [-0.39, 0.29) is 23.7 Å². The van der Waals surface area contributed by atoms with Crippen LogP contribution in [0.3, 0.4) is 0 Å². The van der Waals surface area contributed by atoms with Crippen LogP contribution in [0.15, 0.2) is 30.6 Å². The molecule has 2 aromatic rings. The standard InChI is InChI=1S/C13H11FN2O3/c1-8-12(14)13(16-7-15-8)19-10-5-3-2-4-9(10)6-11(17)18/h2-5,7H,6H2,1H3,(H,17,18). The van der Waals surface area contributed by atoms with Crippen molar-refractivity contribution in [2.45, 2.75) is 13.3 Å². The molecule has 0 bridgehead atoms. The maximum Gasteiger partial charge on any atom is 0.307 e. The molecule has 0 atom stereocenters. The van der Waals surface area contributed by atoms with E-state index in [1.54, 1.807) is 24.3 Å². The van der Waals surface area contributed by atoms with E-state index in [2.05, 4.69) is 9.97 Å². The molecule has 0 unspecified atom stereocenters. The van der Waals surface area contributed by atoms with Gasteiger partial charge in [-0.2, -0.15) is 9.37 Å². The number of para-hydroxylation sites is 1. The van der Waals surface area contributed by atoms with E-state index in [0.717, 1.165) is 0 Å². The van der Waals surface area contributed by atoms with Gasteiger partial charge in [-0.3, -0.25) is 4.79 Å². The molecule has 6 heteroatoms. The topological polar surface area (TPSA) is 72.3 Å². The molecule has 19 heavy (non-hydrogen) atoms. The van der Waals surface area contributed by atoms with Crippen LogP contribution in [-0.2, 0) is 11.2 Å². The smallest absolute Gasteiger partial charge is 0.307 e. The molecule has 0 fully saturated rings. The van der Waals surface area contributed by atoms with Crippen LogP contribution in [0.2, 0.25) is 0 Å². The zero-order valence-electron chi connectivity index (χ0n) is 10.1. The van der Waals surface area contributed by atoms with Gasteiger partial charge in [0, 0.05) is 5.56 Å². The SMILES string of the molecule is Cc1ncnc(Oc2ccccc2CC(=O)O)c1F. The van der Waals surface area contributed by atoms with Crippen LogP contribution in [0, 0.1) is 12.7 Å². The molecule has 2 rings (SSSR count). The fraction of sp³-hybridized carbons (Fsp3) is 0.154. The van der Waals surface area contributed by atoms with E-state index in [1.165, 1.54) is 13.3 Å². The monoisotopic (exact) mass is 262 g/mol. The highest BCUT2D eigenvalue weighted by Gasteiger charge is 2.13. The van der Waals surface area contributed by atoms with Gasteiger partial charge in [0.05, 0.1) is 12.1 Å². The van der Waals surface area contributed by atoms with Crippen LogP contribution in [0.4, 0.5) is 4.39 Å². The van der Waals surface area contributed by atoms with Crippen LogP contribution in [0.5, 0.6) is 11.6 Å². The number of benzene rings is 1. The van der Waals surface area contributed by atoms with Crippen LogP contribution >= 0.6 is 0 Å². The van der Waals surface area contributed by atoms with Crippen molar-refractivity contribution in [3.63, 3.8) is 0 Å². The molecule has 0 saturated carbocycles. The Bertz CT molecular complexity index is 617. The number of halogens is 1. The summed E-state index contributed by atoms with van der Waals surface area (Å²) in [5.41, 5.74) is 0.617. The maximum atomic E-state index is 13.7. The van der Waals surface area contributed by atoms with Crippen molar-refractivity contribution in [3.05, 3.63) is 47.7 Å². The van der Waals surface area contributed by atoms with Crippen molar-refractivity contribution >= 4 is 5.97 Å². The van der Waals surface area contributed by atoms with Gasteiger partial charge in [0.2, 0.25) is 5.82 Å². The Hall–Kier alpha value is -2.50. The number of carboxylic acid groups (broad SMARTS) is 1. The van der Waals surface area contributed by atoms with Crippen LogP contribution < -0.4 is 4.74 Å². The van der Waals surface area contributed by atoms with Crippen molar-refractivity contribution in [2.75, 3.05) is 0 Å². The summed E-state index contributed by atoms with van der Waals surface area (Å²) in [6, 6.07) is 6.53. The lowest BCUT2D eigenvalue weighted by atomic mass is 10.1. The summed E-state index contributed by atoms with van der Waals surface area (Å²) in [5, 5.41) is 8.80. The number of carboxylic acids is 1. The summed E-state index contributed by atoms with van der Waals surface area (Å²) in [5.74, 6) is -1.60. The molecule has 0 amide bonds. The fourth-order valence-corrected chi connectivity index (χ4v) is 1.52. The first-order valence-electron chi connectivity index (χ1n) is 5.52. The number of ether oxygens (including phenoxy) is 1.